The molecule has 4 heteroatoms. The lowest BCUT2D eigenvalue weighted by atomic mass is 9.90. The largest absolute Gasteiger partial charge is 0.465 e. The van der Waals surface area contributed by atoms with Gasteiger partial charge in [0.2, 0.25) is 0 Å². The number of hydrogen-bond acceptors (Lipinski definition) is 1. The van der Waals surface area contributed by atoms with Gasteiger partial charge in [-0.2, -0.15) is 0 Å². The van der Waals surface area contributed by atoms with E-state index in [1.165, 1.54) is 6.07 Å². The molecule has 3 rings (SSSR count). The minimum Gasteiger partial charge on any atom is -0.465 e. The van der Waals surface area contributed by atoms with Gasteiger partial charge < -0.3 is 10.4 Å². The van der Waals surface area contributed by atoms with E-state index in [4.69, 9.17) is 5.11 Å². The molecule has 0 fully saturated rings. The van der Waals surface area contributed by atoms with Gasteiger partial charge in [-0.1, -0.05) is 60.7 Å². The first kappa shape index (κ1) is 16.0. The summed E-state index contributed by atoms with van der Waals surface area (Å²) in [6.07, 6.45) is -0.639. The number of nitrogens with one attached hydrogen (secondary N) is 1. The Morgan fingerprint density at radius 1 is 1.00 bits per heavy atom. The van der Waals surface area contributed by atoms with E-state index in [9.17, 15) is 9.18 Å². The number of carboxylic acid groups (broad SMARTS) is 1. The molecule has 0 aliphatic carbocycles. The zero-order valence-electron chi connectivity index (χ0n) is 13.1. The van der Waals surface area contributed by atoms with Gasteiger partial charge >= 0.3 is 6.09 Å². The number of amides is 1. The maximum atomic E-state index is 14.0. The highest BCUT2D eigenvalue weighted by Gasteiger charge is 2.16. The van der Waals surface area contributed by atoms with E-state index in [1.54, 1.807) is 18.2 Å². The Labute approximate surface area is 139 Å². The number of halogens is 1. The van der Waals surface area contributed by atoms with Gasteiger partial charge in [-0.05, 0) is 34.4 Å². The summed E-state index contributed by atoms with van der Waals surface area (Å²) in [5.74, 6) is -0.402. The summed E-state index contributed by atoms with van der Waals surface area (Å²) in [7, 11) is 0. The maximum absolute atomic E-state index is 14.0. The van der Waals surface area contributed by atoms with E-state index in [-0.39, 0.29) is 18.3 Å². The quantitative estimate of drug-likeness (QED) is 0.722. The first-order valence-corrected chi connectivity index (χ1v) is 7.82. The van der Waals surface area contributed by atoms with Crippen molar-refractivity contribution in [2.45, 2.75) is 12.3 Å². The molecule has 3 nitrogen and oxygen atoms in total. The predicted octanol–water partition coefficient (Wildman–Crippen LogP) is 4.57. The SMILES string of the molecule is O=C(O)NCC(Cc1ccccc1F)c1ccc2ccccc2c1. The molecule has 0 saturated heterocycles. The summed E-state index contributed by atoms with van der Waals surface area (Å²) >= 11 is 0. The molecule has 24 heavy (non-hydrogen) atoms. The van der Waals surface area contributed by atoms with Crippen molar-refractivity contribution in [2.24, 2.45) is 0 Å². The number of fused-ring (bicyclic) bond motifs is 1. The summed E-state index contributed by atoms with van der Waals surface area (Å²) in [6, 6.07) is 20.6. The van der Waals surface area contributed by atoms with Crippen molar-refractivity contribution in [3.8, 4) is 0 Å². The molecule has 0 radical (unpaired) electrons. The summed E-state index contributed by atoms with van der Waals surface area (Å²) in [5, 5.41) is 13.6. The van der Waals surface area contributed by atoms with Gasteiger partial charge in [0, 0.05) is 12.5 Å². The molecular formula is C20H18FNO2. The maximum Gasteiger partial charge on any atom is 0.404 e. The second-order valence-electron chi connectivity index (χ2n) is 5.79. The first-order valence-electron chi connectivity index (χ1n) is 7.82. The molecule has 0 bridgehead atoms. The lowest BCUT2D eigenvalue weighted by Gasteiger charge is -2.18. The molecule has 1 amide bonds. The van der Waals surface area contributed by atoms with Crippen LogP contribution in [-0.2, 0) is 6.42 Å². The topological polar surface area (TPSA) is 49.3 Å². The Hall–Kier alpha value is -2.88. The molecule has 0 saturated carbocycles. The van der Waals surface area contributed by atoms with Crippen LogP contribution in [-0.4, -0.2) is 17.7 Å². The molecule has 1 atom stereocenters. The zero-order valence-corrected chi connectivity index (χ0v) is 13.1. The van der Waals surface area contributed by atoms with E-state index in [1.807, 2.05) is 42.5 Å². The normalized spacial score (nSPS) is 12.0. The van der Waals surface area contributed by atoms with E-state index >= 15 is 0 Å². The average Bonchev–Trinajstić information content (AvgIpc) is 2.59. The highest BCUT2D eigenvalue weighted by atomic mass is 19.1. The number of carbonyl (C=O) groups is 1. The van der Waals surface area contributed by atoms with E-state index in [0.717, 1.165) is 16.3 Å². The second kappa shape index (κ2) is 7.13. The molecule has 0 aliphatic heterocycles. The van der Waals surface area contributed by atoms with Crippen LogP contribution in [0.4, 0.5) is 9.18 Å². The molecule has 0 spiro atoms. The lowest BCUT2D eigenvalue weighted by molar-refractivity contribution is 0.193. The van der Waals surface area contributed by atoms with Gasteiger partial charge in [0.1, 0.15) is 5.82 Å². The molecule has 1 unspecified atom stereocenters. The summed E-state index contributed by atoms with van der Waals surface area (Å²) in [5.41, 5.74) is 1.58. The molecule has 0 heterocycles. The lowest BCUT2D eigenvalue weighted by Crippen LogP contribution is -2.27. The van der Waals surface area contributed by atoms with E-state index < -0.39 is 6.09 Å². The molecular weight excluding hydrogens is 305 g/mol. The fourth-order valence-corrected chi connectivity index (χ4v) is 2.91. The zero-order chi connectivity index (χ0) is 16.9. The fraction of sp³-hybridized carbons (Fsp3) is 0.150. The summed E-state index contributed by atoms with van der Waals surface area (Å²) in [6.45, 7) is 0.238. The van der Waals surface area contributed by atoms with Crippen molar-refractivity contribution in [1.29, 1.82) is 0 Å². The second-order valence-corrected chi connectivity index (χ2v) is 5.79. The van der Waals surface area contributed by atoms with Gasteiger partial charge in [0.15, 0.2) is 0 Å². The Balaban J connectivity index is 1.93. The van der Waals surface area contributed by atoms with Crippen LogP contribution in [0.5, 0.6) is 0 Å². The van der Waals surface area contributed by atoms with Crippen molar-refractivity contribution in [3.05, 3.63) is 83.7 Å². The molecule has 0 aromatic heterocycles. The van der Waals surface area contributed by atoms with Crippen LogP contribution in [0.15, 0.2) is 66.7 Å². The first-order chi connectivity index (χ1) is 11.6. The Kier molecular flexibility index (Phi) is 4.75. The predicted molar refractivity (Wildman–Crippen MR) is 92.8 cm³/mol. The average molecular weight is 323 g/mol. The minimum absolute atomic E-state index is 0.136. The summed E-state index contributed by atoms with van der Waals surface area (Å²) < 4.78 is 14.0. The van der Waals surface area contributed by atoms with Crippen LogP contribution in [0.2, 0.25) is 0 Å². The van der Waals surface area contributed by atoms with Crippen LogP contribution in [0.1, 0.15) is 17.0 Å². The minimum atomic E-state index is -1.07. The molecule has 2 N–H and O–H groups in total. The van der Waals surface area contributed by atoms with Crippen LogP contribution in [0.25, 0.3) is 10.8 Å². The van der Waals surface area contributed by atoms with Crippen molar-refractivity contribution in [3.63, 3.8) is 0 Å². The molecule has 0 aliphatic rings. The Morgan fingerprint density at radius 2 is 1.71 bits per heavy atom. The number of benzene rings is 3. The van der Waals surface area contributed by atoms with Gasteiger partial charge in [0.25, 0.3) is 0 Å². The third kappa shape index (κ3) is 3.71. The Morgan fingerprint density at radius 3 is 2.46 bits per heavy atom. The van der Waals surface area contributed by atoms with Crippen molar-refractivity contribution >= 4 is 16.9 Å². The van der Waals surface area contributed by atoms with E-state index in [2.05, 4.69) is 5.32 Å². The summed E-state index contributed by atoms with van der Waals surface area (Å²) in [4.78, 5) is 10.9. The van der Waals surface area contributed by atoms with E-state index in [0.29, 0.717) is 12.0 Å². The third-order valence-corrected chi connectivity index (χ3v) is 4.17. The number of hydrogen-bond donors (Lipinski definition) is 2. The monoisotopic (exact) mass is 323 g/mol. The van der Waals surface area contributed by atoms with Crippen LogP contribution < -0.4 is 5.32 Å². The standard InChI is InChI=1S/C20H18FNO2/c21-19-8-4-3-7-17(19)12-18(13-22-20(23)24)16-10-9-14-5-1-2-6-15(14)11-16/h1-11,18,22H,12-13H2,(H,23,24). The molecule has 122 valence electrons. The van der Waals surface area contributed by atoms with Gasteiger partial charge in [-0.15, -0.1) is 0 Å². The van der Waals surface area contributed by atoms with Crippen LogP contribution >= 0.6 is 0 Å². The van der Waals surface area contributed by atoms with Gasteiger partial charge in [-0.25, -0.2) is 9.18 Å². The molecule has 3 aromatic carbocycles. The van der Waals surface area contributed by atoms with Gasteiger partial charge in [-0.3, -0.25) is 0 Å². The van der Waals surface area contributed by atoms with Gasteiger partial charge in [0.05, 0.1) is 0 Å². The van der Waals surface area contributed by atoms with Crippen molar-refractivity contribution in [2.75, 3.05) is 6.54 Å². The third-order valence-electron chi connectivity index (χ3n) is 4.17. The Bertz CT molecular complexity index is 863. The van der Waals surface area contributed by atoms with Crippen LogP contribution in [0, 0.1) is 5.82 Å². The smallest absolute Gasteiger partial charge is 0.404 e. The highest BCUT2D eigenvalue weighted by molar-refractivity contribution is 5.83. The molecule has 3 aromatic rings. The van der Waals surface area contributed by atoms with Crippen molar-refractivity contribution < 1.29 is 14.3 Å². The number of rotatable bonds is 5. The van der Waals surface area contributed by atoms with Crippen LogP contribution in [0.3, 0.4) is 0 Å². The highest BCUT2D eigenvalue weighted by Crippen LogP contribution is 2.25. The fourth-order valence-electron chi connectivity index (χ4n) is 2.91. The van der Waals surface area contributed by atoms with Crippen molar-refractivity contribution in [1.82, 2.24) is 5.32 Å².